The number of rotatable bonds is 3. The van der Waals surface area contributed by atoms with Crippen LogP contribution in [0.3, 0.4) is 0 Å². The molecule has 0 aromatic heterocycles. The van der Waals surface area contributed by atoms with Crippen molar-refractivity contribution >= 4 is 11.8 Å². The first-order valence-corrected chi connectivity index (χ1v) is 7.41. The maximum absolute atomic E-state index is 13.3. The van der Waals surface area contributed by atoms with Gasteiger partial charge in [-0.15, -0.1) is 11.8 Å². The van der Waals surface area contributed by atoms with Gasteiger partial charge in [-0.3, -0.25) is 0 Å². The Kier molecular flexibility index (Phi) is 4.27. The van der Waals surface area contributed by atoms with Crippen LogP contribution in [0.25, 0.3) is 0 Å². The molecule has 2 aromatic rings. The Balaban J connectivity index is 2.40. The third-order valence-corrected chi connectivity index (χ3v) is 4.09. The van der Waals surface area contributed by atoms with Crippen LogP contribution in [0.5, 0.6) is 0 Å². The molecule has 2 rings (SSSR count). The molecule has 1 unspecified atom stereocenters. The van der Waals surface area contributed by atoms with Crippen molar-refractivity contribution in [2.24, 2.45) is 5.73 Å². The summed E-state index contributed by atoms with van der Waals surface area (Å²) in [6, 6.07) is 11.1. The Morgan fingerprint density at radius 3 is 2.05 bits per heavy atom. The second kappa shape index (κ2) is 5.76. The molecule has 100 valence electrons. The SMILES string of the molecule is CSc1ccc(C(N)c2c(C)cc(F)cc2C)cc1. The highest BCUT2D eigenvalue weighted by molar-refractivity contribution is 7.98. The molecular formula is C16H18FNS. The van der Waals surface area contributed by atoms with Crippen molar-refractivity contribution in [2.75, 3.05) is 6.26 Å². The Morgan fingerprint density at radius 1 is 1.05 bits per heavy atom. The zero-order chi connectivity index (χ0) is 14.0. The minimum absolute atomic E-state index is 0.205. The maximum Gasteiger partial charge on any atom is 0.123 e. The largest absolute Gasteiger partial charge is 0.320 e. The highest BCUT2D eigenvalue weighted by atomic mass is 32.2. The summed E-state index contributed by atoms with van der Waals surface area (Å²) in [5.41, 5.74) is 10.2. The average Bonchev–Trinajstić information content (AvgIpc) is 2.37. The summed E-state index contributed by atoms with van der Waals surface area (Å²) < 4.78 is 13.3. The molecule has 2 aromatic carbocycles. The molecule has 0 aliphatic heterocycles. The van der Waals surface area contributed by atoms with Gasteiger partial charge in [0.2, 0.25) is 0 Å². The summed E-state index contributed by atoms with van der Waals surface area (Å²) in [7, 11) is 0. The number of benzene rings is 2. The maximum atomic E-state index is 13.3. The molecule has 1 nitrogen and oxygen atoms in total. The monoisotopic (exact) mass is 275 g/mol. The van der Waals surface area contributed by atoms with Gasteiger partial charge in [-0.1, -0.05) is 12.1 Å². The van der Waals surface area contributed by atoms with Crippen molar-refractivity contribution in [1.29, 1.82) is 0 Å². The van der Waals surface area contributed by atoms with E-state index in [9.17, 15) is 4.39 Å². The first-order chi connectivity index (χ1) is 9.02. The minimum atomic E-state index is -0.212. The fraction of sp³-hybridized carbons (Fsp3) is 0.250. The summed E-state index contributed by atoms with van der Waals surface area (Å²) in [6.07, 6.45) is 2.04. The van der Waals surface area contributed by atoms with Crippen molar-refractivity contribution in [3.05, 3.63) is 64.5 Å². The van der Waals surface area contributed by atoms with Crippen LogP contribution >= 0.6 is 11.8 Å². The van der Waals surface area contributed by atoms with E-state index in [1.807, 2.05) is 32.2 Å². The van der Waals surface area contributed by atoms with Gasteiger partial charge in [0.15, 0.2) is 0 Å². The lowest BCUT2D eigenvalue weighted by Crippen LogP contribution is -2.15. The molecule has 0 aliphatic rings. The molecule has 0 radical (unpaired) electrons. The smallest absolute Gasteiger partial charge is 0.123 e. The number of halogens is 1. The average molecular weight is 275 g/mol. The number of hydrogen-bond acceptors (Lipinski definition) is 2. The van der Waals surface area contributed by atoms with E-state index in [-0.39, 0.29) is 11.9 Å². The van der Waals surface area contributed by atoms with Crippen LogP contribution in [0.1, 0.15) is 28.3 Å². The van der Waals surface area contributed by atoms with Gasteiger partial charge in [0.05, 0.1) is 6.04 Å². The third kappa shape index (κ3) is 2.99. The van der Waals surface area contributed by atoms with Gasteiger partial charge in [-0.25, -0.2) is 4.39 Å². The molecule has 0 aliphatic carbocycles. The Labute approximate surface area is 118 Å². The lowest BCUT2D eigenvalue weighted by Gasteiger charge is -2.18. The molecule has 0 amide bonds. The molecule has 2 N–H and O–H groups in total. The normalized spacial score (nSPS) is 12.5. The number of nitrogens with two attached hydrogens (primary N) is 1. The highest BCUT2D eigenvalue weighted by Crippen LogP contribution is 2.28. The fourth-order valence-electron chi connectivity index (χ4n) is 2.39. The van der Waals surface area contributed by atoms with Crippen molar-refractivity contribution < 1.29 is 4.39 Å². The van der Waals surface area contributed by atoms with Crippen molar-refractivity contribution in [3.63, 3.8) is 0 Å². The molecule has 0 bridgehead atoms. The predicted octanol–water partition coefficient (Wildman–Crippen LogP) is 4.21. The van der Waals surface area contributed by atoms with Crippen LogP contribution in [0.15, 0.2) is 41.3 Å². The fourth-order valence-corrected chi connectivity index (χ4v) is 2.80. The van der Waals surface area contributed by atoms with Gasteiger partial charge >= 0.3 is 0 Å². The van der Waals surface area contributed by atoms with Crippen molar-refractivity contribution in [3.8, 4) is 0 Å². The van der Waals surface area contributed by atoms with Crippen LogP contribution in [-0.2, 0) is 0 Å². The minimum Gasteiger partial charge on any atom is -0.320 e. The molecule has 19 heavy (non-hydrogen) atoms. The van der Waals surface area contributed by atoms with E-state index in [0.29, 0.717) is 0 Å². The summed E-state index contributed by atoms with van der Waals surface area (Å²) >= 11 is 1.70. The number of thioether (sulfide) groups is 1. The van der Waals surface area contributed by atoms with Crippen LogP contribution in [0.4, 0.5) is 4.39 Å². The molecule has 0 spiro atoms. The zero-order valence-corrected chi connectivity index (χ0v) is 12.2. The summed E-state index contributed by atoms with van der Waals surface area (Å²) in [4.78, 5) is 1.21. The lowest BCUT2D eigenvalue weighted by molar-refractivity contribution is 0.623. The topological polar surface area (TPSA) is 26.0 Å². The molecule has 0 fully saturated rings. The van der Waals surface area contributed by atoms with E-state index in [4.69, 9.17) is 5.73 Å². The molecule has 3 heteroatoms. The van der Waals surface area contributed by atoms with E-state index in [2.05, 4.69) is 12.1 Å². The summed E-state index contributed by atoms with van der Waals surface area (Å²) in [5.74, 6) is -0.205. The van der Waals surface area contributed by atoms with Gasteiger partial charge in [0.1, 0.15) is 5.82 Å². The Hall–Kier alpha value is -1.32. The third-order valence-electron chi connectivity index (χ3n) is 3.34. The second-order valence-corrected chi connectivity index (χ2v) is 5.58. The Morgan fingerprint density at radius 2 is 1.58 bits per heavy atom. The van der Waals surface area contributed by atoms with Gasteiger partial charge < -0.3 is 5.73 Å². The van der Waals surface area contributed by atoms with Gasteiger partial charge in [0.25, 0.3) is 0 Å². The van der Waals surface area contributed by atoms with E-state index in [1.165, 1.54) is 4.90 Å². The quantitative estimate of drug-likeness (QED) is 0.849. The first kappa shape index (κ1) is 14.1. The van der Waals surface area contributed by atoms with Crippen LogP contribution in [-0.4, -0.2) is 6.26 Å². The van der Waals surface area contributed by atoms with E-state index in [0.717, 1.165) is 22.3 Å². The molecule has 0 saturated heterocycles. The molecular weight excluding hydrogens is 257 g/mol. The van der Waals surface area contributed by atoms with Gasteiger partial charge in [-0.05, 0) is 66.6 Å². The zero-order valence-electron chi connectivity index (χ0n) is 11.4. The Bertz CT molecular complexity index is 555. The van der Waals surface area contributed by atoms with Crippen molar-refractivity contribution in [1.82, 2.24) is 0 Å². The van der Waals surface area contributed by atoms with Crippen LogP contribution < -0.4 is 5.73 Å². The van der Waals surface area contributed by atoms with Gasteiger partial charge in [0, 0.05) is 4.90 Å². The van der Waals surface area contributed by atoms with Crippen molar-refractivity contribution in [2.45, 2.75) is 24.8 Å². The van der Waals surface area contributed by atoms with Crippen LogP contribution in [0, 0.1) is 19.7 Å². The highest BCUT2D eigenvalue weighted by Gasteiger charge is 2.15. The molecule has 1 atom stereocenters. The number of aryl methyl sites for hydroxylation is 2. The van der Waals surface area contributed by atoms with E-state index < -0.39 is 0 Å². The standard InChI is InChI=1S/C16H18FNS/c1-10-8-13(17)9-11(2)15(10)16(18)12-4-6-14(19-3)7-5-12/h4-9,16H,18H2,1-3H3. The number of hydrogen-bond donors (Lipinski definition) is 1. The van der Waals surface area contributed by atoms with Gasteiger partial charge in [-0.2, -0.15) is 0 Å². The van der Waals surface area contributed by atoms with E-state index >= 15 is 0 Å². The summed E-state index contributed by atoms with van der Waals surface area (Å²) in [5, 5.41) is 0. The molecule has 0 saturated carbocycles. The molecule has 0 heterocycles. The summed E-state index contributed by atoms with van der Waals surface area (Å²) in [6.45, 7) is 3.81. The van der Waals surface area contributed by atoms with Crippen LogP contribution in [0.2, 0.25) is 0 Å². The lowest BCUT2D eigenvalue weighted by atomic mass is 9.92. The van der Waals surface area contributed by atoms with E-state index in [1.54, 1.807) is 23.9 Å². The predicted molar refractivity (Wildman–Crippen MR) is 80.1 cm³/mol. The second-order valence-electron chi connectivity index (χ2n) is 4.70. The first-order valence-electron chi connectivity index (χ1n) is 6.19.